The molecule has 1 aliphatic heterocycles. The van der Waals surface area contributed by atoms with Crippen LogP contribution in [0.5, 0.6) is 0 Å². The molecule has 0 spiro atoms. The van der Waals surface area contributed by atoms with E-state index < -0.39 is 0 Å². The third-order valence-corrected chi connectivity index (χ3v) is 5.28. The van der Waals surface area contributed by atoms with Gasteiger partial charge in [0.25, 0.3) is 5.91 Å². The van der Waals surface area contributed by atoms with Crippen molar-refractivity contribution in [2.45, 2.75) is 18.9 Å². The third-order valence-electron chi connectivity index (χ3n) is 5.28. The fraction of sp³-hybridized carbons (Fsp3) is 0.261. The number of carbonyl (C=O) groups excluding carboxylic acids is 1. The summed E-state index contributed by atoms with van der Waals surface area (Å²) in [7, 11) is 1.79. The first-order valence-electron chi connectivity index (χ1n) is 9.41. The van der Waals surface area contributed by atoms with Gasteiger partial charge in [0.1, 0.15) is 0 Å². The largest absolute Gasteiger partial charge is 0.381 e. The van der Waals surface area contributed by atoms with Gasteiger partial charge in [-0.1, -0.05) is 30.3 Å². The molecule has 1 aliphatic rings. The molecule has 0 aliphatic carbocycles. The molecule has 4 nitrogen and oxygen atoms in total. The molecule has 1 amide bonds. The SMILES string of the molecule is COC1CCN(c2ccc(NC(=O)c3ccc4ccccc4c3)cc2)CC1. The van der Waals surface area contributed by atoms with Gasteiger partial charge in [0.15, 0.2) is 0 Å². The van der Waals surface area contributed by atoms with E-state index >= 15 is 0 Å². The molecule has 4 rings (SSSR count). The summed E-state index contributed by atoms with van der Waals surface area (Å²) in [5, 5.41) is 5.20. The molecule has 3 aromatic carbocycles. The van der Waals surface area contributed by atoms with Crippen molar-refractivity contribution in [2.24, 2.45) is 0 Å². The van der Waals surface area contributed by atoms with Crippen LogP contribution >= 0.6 is 0 Å². The number of hydrogen-bond donors (Lipinski definition) is 1. The molecule has 0 aromatic heterocycles. The average Bonchev–Trinajstić information content (AvgIpc) is 2.74. The highest BCUT2D eigenvalue weighted by atomic mass is 16.5. The van der Waals surface area contributed by atoms with Crippen molar-refractivity contribution in [3.05, 3.63) is 72.3 Å². The minimum atomic E-state index is -0.0885. The highest BCUT2D eigenvalue weighted by molar-refractivity contribution is 6.06. The predicted molar refractivity (Wildman–Crippen MR) is 111 cm³/mol. The summed E-state index contributed by atoms with van der Waals surface area (Å²) in [6.07, 6.45) is 2.48. The molecule has 0 atom stereocenters. The van der Waals surface area contributed by atoms with Crippen LogP contribution in [0.1, 0.15) is 23.2 Å². The molecular formula is C23H24N2O2. The van der Waals surface area contributed by atoms with Crippen molar-refractivity contribution in [3.63, 3.8) is 0 Å². The lowest BCUT2D eigenvalue weighted by Gasteiger charge is -2.33. The Kier molecular flexibility index (Phi) is 5.07. The van der Waals surface area contributed by atoms with Gasteiger partial charge in [-0.3, -0.25) is 4.79 Å². The highest BCUT2D eigenvalue weighted by Crippen LogP contribution is 2.23. The molecule has 1 fully saturated rings. The van der Waals surface area contributed by atoms with Crippen LogP contribution in [0.2, 0.25) is 0 Å². The Morgan fingerprint density at radius 3 is 2.37 bits per heavy atom. The molecular weight excluding hydrogens is 336 g/mol. The number of nitrogens with one attached hydrogen (secondary N) is 1. The van der Waals surface area contributed by atoms with Crippen LogP contribution in [0.25, 0.3) is 10.8 Å². The summed E-state index contributed by atoms with van der Waals surface area (Å²) < 4.78 is 5.43. The molecule has 1 heterocycles. The predicted octanol–water partition coefficient (Wildman–Crippen LogP) is 4.71. The van der Waals surface area contributed by atoms with Crippen LogP contribution in [0.3, 0.4) is 0 Å². The van der Waals surface area contributed by atoms with Crippen molar-refractivity contribution < 1.29 is 9.53 Å². The quantitative estimate of drug-likeness (QED) is 0.733. The molecule has 1 saturated heterocycles. The number of fused-ring (bicyclic) bond motifs is 1. The normalized spacial score (nSPS) is 15.1. The maximum absolute atomic E-state index is 12.6. The number of anilines is 2. The van der Waals surface area contributed by atoms with Crippen molar-refractivity contribution in [2.75, 3.05) is 30.4 Å². The monoisotopic (exact) mass is 360 g/mol. The fourth-order valence-electron chi connectivity index (χ4n) is 3.64. The van der Waals surface area contributed by atoms with Crippen molar-refractivity contribution in [1.29, 1.82) is 0 Å². The number of piperidine rings is 1. The van der Waals surface area contributed by atoms with Gasteiger partial charge in [0.2, 0.25) is 0 Å². The Hall–Kier alpha value is -2.85. The Labute approximate surface area is 159 Å². The topological polar surface area (TPSA) is 41.6 Å². The van der Waals surface area contributed by atoms with Crippen molar-refractivity contribution in [3.8, 4) is 0 Å². The van der Waals surface area contributed by atoms with E-state index in [1.807, 2.05) is 54.6 Å². The first-order valence-corrected chi connectivity index (χ1v) is 9.41. The second kappa shape index (κ2) is 7.80. The van der Waals surface area contributed by atoms with Gasteiger partial charge in [-0.2, -0.15) is 0 Å². The van der Waals surface area contributed by atoms with E-state index in [2.05, 4.69) is 22.3 Å². The van der Waals surface area contributed by atoms with Crippen LogP contribution in [0, 0.1) is 0 Å². The van der Waals surface area contributed by atoms with Gasteiger partial charge in [-0.05, 0) is 60.0 Å². The molecule has 0 saturated carbocycles. The van der Waals surface area contributed by atoms with Gasteiger partial charge in [-0.25, -0.2) is 0 Å². The number of carbonyl (C=O) groups is 1. The maximum Gasteiger partial charge on any atom is 0.255 e. The van der Waals surface area contributed by atoms with Crippen LogP contribution in [-0.2, 0) is 4.74 Å². The Morgan fingerprint density at radius 1 is 0.963 bits per heavy atom. The molecule has 3 aromatic rings. The van der Waals surface area contributed by atoms with E-state index in [4.69, 9.17) is 4.74 Å². The Balaban J connectivity index is 1.42. The minimum Gasteiger partial charge on any atom is -0.381 e. The summed E-state index contributed by atoms with van der Waals surface area (Å²) in [6.45, 7) is 2.00. The van der Waals surface area contributed by atoms with E-state index in [0.29, 0.717) is 11.7 Å². The standard InChI is InChI=1S/C23H24N2O2/c1-27-22-12-14-25(15-13-22)21-10-8-20(9-11-21)24-23(26)19-7-6-17-4-2-3-5-18(17)16-19/h2-11,16,22H,12-15H2,1H3,(H,24,26). The van der Waals surface area contributed by atoms with Crippen LogP contribution < -0.4 is 10.2 Å². The summed E-state index contributed by atoms with van der Waals surface area (Å²) in [5.74, 6) is -0.0885. The Bertz CT molecular complexity index is 929. The van der Waals surface area contributed by atoms with Gasteiger partial charge in [0.05, 0.1) is 6.10 Å². The number of benzene rings is 3. The molecule has 138 valence electrons. The maximum atomic E-state index is 12.6. The van der Waals surface area contributed by atoms with Crippen LogP contribution in [0.4, 0.5) is 11.4 Å². The Morgan fingerprint density at radius 2 is 1.67 bits per heavy atom. The molecule has 4 heteroatoms. The zero-order valence-electron chi connectivity index (χ0n) is 15.5. The van der Waals surface area contributed by atoms with Gasteiger partial charge in [-0.15, -0.1) is 0 Å². The lowest BCUT2D eigenvalue weighted by molar-refractivity contribution is 0.0819. The van der Waals surface area contributed by atoms with Gasteiger partial charge < -0.3 is 15.0 Å². The smallest absolute Gasteiger partial charge is 0.255 e. The van der Waals surface area contributed by atoms with E-state index in [1.165, 1.54) is 5.69 Å². The first-order chi connectivity index (χ1) is 13.2. The number of rotatable bonds is 4. The van der Waals surface area contributed by atoms with Gasteiger partial charge in [0, 0.05) is 37.1 Å². The summed E-state index contributed by atoms with van der Waals surface area (Å²) in [6, 6.07) is 21.9. The number of nitrogens with zero attached hydrogens (tertiary/aromatic N) is 1. The molecule has 0 unspecified atom stereocenters. The van der Waals surface area contributed by atoms with Crippen molar-refractivity contribution in [1.82, 2.24) is 0 Å². The van der Waals surface area contributed by atoms with Crippen LogP contribution in [0.15, 0.2) is 66.7 Å². The zero-order chi connectivity index (χ0) is 18.6. The molecule has 1 N–H and O–H groups in total. The molecule has 0 bridgehead atoms. The van der Waals surface area contributed by atoms with E-state index in [1.54, 1.807) is 7.11 Å². The number of methoxy groups -OCH3 is 1. The van der Waals surface area contributed by atoms with E-state index in [-0.39, 0.29) is 5.91 Å². The number of ether oxygens (including phenoxy) is 1. The minimum absolute atomic E-state index is 0.0885. The summed E-state index contributed by atoms with van der Waals surface area (Å²) in [4.78, 5) is 14.9. The fourth-order valence-corrected chi connectivity index (χ4v) is 3.64. The van der Waals surface area contributed by atoms with E-state index in [0.717, 1.165) is 42.4 Å². The van der Waals surface area contributed by atoms with Crippen LogP contribution in [-0.4, -0.2) is 32.2 Å². The molecule has 27 heavy (non-hydrogen) atoms. The number of hydrogen-bond acceptors (Lipinski definition) is 3. The highest BCUT2D eigenvalue weighted by Gasteiger charge is 2.18. The average molecular weight is 360 g/mol. The second-order valence-electron chi connectivity index (χ2n) is 6.99. The van der Waals surface area contributed by atoms with Gasteiger partial charge >= 0.3 is 0 Å². The lowest BCUT2D eigenvalue weighted by atomic mass is 10.1. The lowest BCUT2D eigenvalue weighted by Crippen LogP contribution is -2.36. The second-order valence-corrected chi connectivity index (χ2v) is 6.99. The zero-order valence-corrected chi connectivity index (χ0v) is 15.5. The summed E-state index contributed by atoms with van der Waals surface area (Å²) >= 11 is 0. The first kappa shape index (κ1) is 17.6. The summed E-state index contributed by atoms with van der Waals surface area (Å²) in [5.41, 5.74) is 2.66. The van der Waals surface area contributed by atoms with E-state index in [9.17, 15) is 4.79 Å². The number of amides is 1. The third kappa shape index (κ3) is 3.96. The van der Waals surface area contributed by atoms with Crippen molar-refractivity contribution >= 4 is 28.1 Å². The molecule has 0 radical (unpaired) electrons.